The SMILES string of the molecule is C/C1=C/CC(C(C)(C)O)CC/C(C)=C\CC1. The third-order valence-corrected chi connectivity index (χ3v) is 3.67. The second-order valence-electron chi connectivity index (χ2n) is 5.76. The van der Waals surface area contributed by atoms with Crippen LogP contribution in [0.2, 0.25) is 0 Å². The molecular formula is C15H26O. The Morgan fingerprint density at radius 2 is 1.75 bits per heavy atom. The molecule has 1 nitrogen and oxygen atoms in total. The maximum Gasteiger partial charge on any atom is 0.0622 e. The zero-order valence-electron chi connectivity index (χ0n) is 11.2. The predicted molar refractivity (Wildman–Crippen MR) is 70.4 cm³/mol. The highest BCUT2D eigenvalue weighted by Gasteiger charge is 2.25. The highest BCUT2D eigenvalue weighted by atomic mass is 16.3. The Morgan fingerprint density at radius 3 is 2.38 bits per heavy atom. The van der Waals surface area contributed by atoms with E-state index in [1.807, 2.05) is 13.8 Å². The van der Waals surface area contributed by atoms with E-state index in [9.17, 15) is 5.11 Å². The standard InChI is InChI=1S/C15H26O/c1-12-6-5-7-13(2)9-11-14(10-8-12)15(3,4)16/h6,9,14,16H,5,7-8,10-11H2,1-4H3/b12-6-,13-9-. The molecule has 0 fully saturated rings. The second kappa shape index (κ2) is 5.67. The van der Waals surface area contributed by atoms with E-state index in [0.717, 1.165) is 25.7 Å². The second-order valence-corrected chi connectivity index (χ2v) is 5.76. The summed E-state index contributed by atoms with van der Waals surface area (Å²) in [4.78, 5) is 0. The van der Waals surface area contributed by atoms with Crippen molar-refractivity contribution in [2.24, 2.45) is 5.92 Å². The molecule has 1 rings (SSSR count). The van der Waals surface area contributed by atoms with Crippen molar-refractivity contribution in [3.63, 3.8) is 0 Å². The van der Waals surface area contributed by atoms with E-state index in [1.54, 1.807) is 0 Å². The van der Waals surface area contributed by atoms with Gasteiger partial charge in [-0.3, -0.25) is 0 Å². The molecular weight excluding hydrogens is 196 g/mol. The van der Waals surface area contributed by atoms with E-state index >= 15 is 0 Å². The molecule has 0 aromatic carbocycles. The van der Waals surface area contributed by atoms with E-state index in [1.165, 1.54) is 17.6 Å². The molecule has 0 aromatic heterocycles. The Hall–Kier alpha value is -0.560. The molecule has 0 amide bonds. The van der Waals surface area contributed by atoms with Crippen LogP contribution < -0.4 is 0 Å². The number of hydrogen-bond donors (Lipinski definition) is 1. The summed E-state index contributed by atoms with van der Waals surface area (Å²) in [5.74, 6) is 0.379. The van der Waals surface area contributed by atoms with Crippen LogP contribution in [0, 0.1) is 5.92 Å². The average Bonchev–Trinajstić information content (AvgIpc) is 2.15. The third-order valence-electron chi connectivity index (χ3n) is 3.67. The molecule has 1 heteroatoms. The van der Waals surface area contributed by atoms with Crippen molar-refractivity contribution in [3.05, 3.63) is 23.3 Å². The molecule has 1 aliphatic carbocycles. The quantitative estimate of drug-likeness (QED) is 0.658. The maximum absolute atomic E-state index is 10.1. The van der Waals surface area contributed by atoms with Gasteiger partial charge in [-0.25, -0.2) is 0 Å². The zero-order valence-corrected chi connectivity index (χ0v) is 11.2. The fourth-order valence-electron chi connectivity index (χ4n) is 2.26. The van der Waals surface area contributed by atoms with Crippen LogP contribution >= 0.6 is 0 Å². The summed E-state index contributed by atoms with van der Waals surface area (Å²) in [6.45, 7) is 8.28. The molecule has 16 heavy (non-hydrogen) atoms. The minimum absolute atomic E-state index is 0.379. The summed E-state index contributed by atoms with van der Waals surface area (Å²) in [6.07, 6.45) is 10.2. The predicted octanol–water partition coefficient (Wildman–Crippen LogP) is 4.23. The van der Waals surface area contributed by atoms with E-state index in [-0.39, 0.29) is 0 Å². The molecule has 0 saturated carbocycles. The van der Waals surface area contributed by atoms with Gasteiger partial charge in [0.05, 0.1) is 5.60 Å². The van der Waals surface area contributed by atoms with Gasteiger partial charge in [-0.05, 0) is 65.7 Å². The fourth-order valence-corrected chi connectivity index (χ4v) is 2.26. The Labute approximate surface area is 100 Å². The molecule has 1 N–H and O–H groups in total. The summed E-state index contributed by atoms with van der Waals surface area (Å²) < 4.78 is 0. The molecule has 1 atom stereocenters. The van der Waals surface area contributed by atoms with Gasteiger partial charge in [0.15, 0.2) is 0 Å². The molecule has 92 valence electrons. The summed E-state index contributed by atoms with van der Waals surface area (Å²) in [5.41, 5.74) is 2.38. The van der Waals surface area contributed by atoms with Crippen molar-refractivity contribution in [2.45, 2.75) is 65.4 Å². The first-order valence-corrected chi connectivity index (χ1v) is 6.43. The topological polar surface area (TPSA) is 20.2 Å². The molecule has 1 aliphatic rings. The maximum atomic E-state index is 10.1. The van der Waals surface area contributed by atoms with Crippen molar-refractivity contribution < 1.29 is 5.11 Å². The van der Waals surface area contributed by atoms with E-state index in [2.05, 4.69) is 26.0 Å². The molecule has 0 aromatic rings. The van der Waals surface area contributed by atoms with Crippen LogP contribution in [-0.4, -0.2) is 10.7 Å². The van der Waals surface area contributed by atoms with Crippen molar-refractivity contribution in [3.8, 4) is 0 Å². The van der Waals surface area contributed by atoms with Gasteiger partial charge in [0, 0.05) is 0 Å². The van der Waals surface area contributed by atoms with Crippen molar-refractivity contribution >= 4 is 0 Å². The Morgan fingerprint density at radius 1 is 1.12 bits per heavy atom. The van der Waals surface area contributed by atoms with Gasteiger partial charge < -0.3 is 5.11 Å². The number of hydrogen-bond acceptors (Lipinski definition) is 1. The highest BCUT2D eigenvalue weighted by Crippen LogP contribution is 2.29. The molecule has 0 bridgehead atoms. The van der Waals surface area contributed by atoms with Gasteiger partial charge in [-0.1, -0.05) is 23.3 Å². The largest absolute Gasteiger partial charge is 0.390 e. The molecule has 0 radical (unpaired) electrons. The van der Waals surface area contributed by atoms with Gasteiger partial charge in [0.25, 0.3) is 0 Å². The van der Waals surface area contributed by atoms with E-state index in [4.69, 9.17) is 0 Å². The lowest BCUT2D eigenvalue weighted by atomic mass is 9.82. The Kier molecular flexibility index (Phi) is 4.79. The molecule has 1 unspecified atom stereocenters. The van der Waals surface area contributed by atoms with Crippen molar-refractivity contribution in [1.82, 2.24) is 0 Å². The Bertz CT molecular complexity index is 278. The highest BCUT2D eigenvalue weighted by molar-refractivity contribution is 5.06. The summed E-state index contributed by atoms with van der Waals surface area (Å²) in [5, 5.41) is 10.1. The van der Waals surface area contributed by atoms with Gasteiger partial charge in [-0.2, -0.15) is 0 Å². The number of rotatable bonds is 1. The molecule has 0 heterocycles. The lowest BCUT2D eigenvalue weighted by Crippen LogP contribution is -2.30. The average molecular weight is 222 g/mol. The van der Waals surface area contributed by atoms with Crippen LogP contribution in [0.3, 0.4) is 0 Å². The van der Waals surface area contributed by atoms with Crippen LogP contribution in [0.1, 0.15) is 59.8 Å². The van der Waals surface area contributed by atoms with Crippen LogP contribution in [0.4, 0.5) is 0 Å². The summed E-state index contributed by atoms with van der Waals surface area (Å²) >= 11 is 0. The smallest absolute Gasteiger partial charge is 0.0622 e. The molecule has 0 aliphatic heterocycles. The minimum Gasteiger partial charge on any atom is -0.390 e. The number of allylic oxidation sites excluding steroid dienone is 4. The lowest BCUT2D eigenvalue weighted by molar-refractivity contribution is 0.0145. The zero-order chi connectivity index (χ0) is 12.2. The monoisotopic (exact) mass is 222 g/mol. The van der Waals surface area contributed by atoms with E-state index < -0.39 is 5.60 Å². The first kappa shape index (κ1) is 13.5. The first-order chi connectivity index (χ1) is 7.39. The fraction of sp³-hybridized carbons (Fsp3) is 0.733. The first-order valence-electron chi connectivity index (χ1n) is 6.43. The van der Waals surface area contributed by atoms with Gasteiger partial charge >= 0.3 is 0 Å². The van der Waals surface area contributed by atoms with Crippen LogP contribution in [0.15, 0.2) is 23.3 Å². The van der Waals surface area contributed by atoms with Crippen molar-refractivity contribution in [2.75, 3.05) is 0 Å². The van der Waals surface area contributed by atoms with Crippen molar-refractivity contribution in [1.29, 1.82) is 0 Å². The minimum atomic E-state index is -0.559. The van der Waals surface area contributed by atoms with E-state index in [0.29, 0.717) is 5.92 Å². The van der Waals surface area contributed by atoms with Gasteiger partial charge in [-0.15, -0.1) is 0 Å². The van der Waals surface area contributed by atoms with Crippen LogP contribution in [-0.2, 0) is 0 Å². The van der Waals surface area contributed by atoms with Crippen LogP contribution in [0.25, 0.3) is 0 Å². The molecule has 0 spiro atoms. The van der Waals surface area contributed by atoms with Crippen LogP contribution in [0.5, 0.6) is 0 Å². The normalized spacial score (nSPS) is 31.2. The summed E-state index contributed by atoms with van der Waals surface area (Å²) in [7, 11) is 0. The number of aliphatic hydroxyl groups is 1. The third kappa shape index (κ3) is 4.52. The summed E-state index contributed by atoms with van der Waals surface area (Å²) in [6, 6.07) is 0. The lowest BCUT2D eigenvalue weighted by Gasteiger charge is -2.29. The molecule has 0 saturated heterocycles. The van der Waals surface area contributed by atoms with Gasteiger partial charge in [0.1, 0.15) is 0 Å². The van der Waals surface area contributed by atoms with Gasteiger partial charge in [0.2, 0.25) is 0 Å². The Balaban J connectivity index is 2.75.